The predicted molar refractivity (Wildman–Crippen MR) is 80.5 cm³/mol. The molecule has 1 heterocycles. The molecule has 1 aromatic carbocycles. The Balaban J connectivity index is 2.31. The molecule has 0 amide bonds. The Morgan fingerprint density at radius 3 is 2.67 bits per heavy atom. The monoisotopic (exact) mass is 312 g/mol. The zero-order valence-electron chi connectivity index (χ0n) is 12.1. The zero-order chi connectivity index (χ0) is 15.6. The van der Waals surface area contributed by atoms with Crippen LogP contribution in [0, 0.1) is 0 Å². The van der Waals surface area contributed by atoms with Crippen LogP contribution in [0.15, 0.2) is 33.5 Å². The number of fused-ring (bicyclic) bond motifs is 1. The number of ether oxygens (including phenoxy) is 2. The van der Waals surface area contributed by atoms with Crippen molar-refractivity contribution in [3.8, 4) is 11.5 Å². The van der Waals surface area contributed by atoms with E-state index < -0.39 is 16.6 Å². The first-order valence-corrected chi connectivity index (χ1v) is 6.80. The summed E-state index contributed by atoms with van der Waals surface area (Å²) in [4.78, 5) is 10.4. The van der Waals surface area contributed by atoms with Gasteiger partial charge in [-0.1, -0.05) is 0 Å². The average Bonchev–Trinajstić information content (AvgIpc) is 2.42. The van der Waals surface area contributed by atoms with Crippen molar-refractivity contribution in [2.45, 2.75) is 24.8 Å². The smallest absolute Gasteiger partial charge is 0.336 e. The summed E-state index contributed by atoms with van der Waals surface area (Å²) in [6, 6.07) is 6.24. The van der Waals surface area contributed by atoms with Gasteiger partial charge in [-0.05, 0) is 26.0 Å². The van der Waals surface area contributed by atoms with Gasteiger partial charge < -0.3 is 19.0 Å². The van der Waals surface area contributed by atoms with Gasteiger partial charge in [0.1, 0.15) is 18.3 Å². The first-order valence-electron chi connectivity index (χ1n) is 6.43. The van der Waals surface area contributed by atoms with Crippen LogP contribution < -0.4 is 15.1 Å². The highest BCUT2D eigenvalue weighted by Crippen LogP contribution is 2.32. The first-order chi connectivity index (χ1) is 9.81. The third kappa shape index (κ3) is 3.68. The fourth-order valence-corrected chi connectivity index (χ4v) is 1.78. The number of methoxy groups -OCH3 is 1. The van der Waals surface area contributed by atoms with Gasteiger partial charge in [-0.2, -0.15) is 0 Å². The Hall–Kier alpha value is -1.72. The minimum Gasteiger partial charge on any atom is -0.493 e. The van der Waals surface area contributed by atoms with E-state index in [4.69, 9.17) is 25.5 Å². The number of aliphatic hydroxyl groups excluding tert-OH is 1. The fraction of sp³-hybridized carbons (Fsp3) is 0.400. The molecule has 1 atom stereocenters. The van der Waals surface area contributed by atoms with Crippen LogP contribution >= 0.6 is 11.6 Å². The van der Waals surface area contributed by atoms with Gasteiger partial charge in [0.05, 0.1) is 12.0 Å². The van der Waals surface area contributed by atoms with Crippen molar-refractivity contribution in [3.63, 3.8) is 0 Å². The quantitative estimate of drug-likeness (QED) is 0.679. The zero-order valence-corrected chi connectivity index (χ0v) is 12.8. The van der Waals surface area contributed by atoms with Gasteiger partial charge in [0.25, 0.3) is 0 Å². The normalized spacial score (nSPS) is 13.2. The number of hydrogen-bond donors (Lipinski definition) is 1. The van der Waals surface area contributed by atoms with Gasteiger partial charge >= 0.3 is 5.63 Å². The van der Waals surface area contributed by atoms with E-state index in [1.807, 2.05) is 0 Å². The second kappa shape index (κ2) is 5.95. The third-order valence-corrected chi connectivity index (χ3v) is 3.35. The second-order valence-corrected chi connectivity index (χ2v) is 6.16. The summed E-state index contributed by atoms with van der Waals surface area (Å²) in [6.07, 6.45) is -0.859. The fourth-order valence-electron chi connectivity index (χ4n) is 1.72. The number of benzene rings is 1. The summed E-state index contributed by atoms with van der Waals surface area (Å²) in [6.45, 7) is 3.38. The Kier molecular flexibility index (Phi) is 4.44. The van der Waals surface area contributed by atoms with Crippen molar-refractivity contribution in [2.24, 2.45) is 0 Å². The molecule has 6 heteroatoms. The maximum Gasteiger partial charge on any atom is 0.336 e. The lowest BCUT2D eigenvalue weighted by Gasteiger charge is -2.23. The van der Waals surface area contributed by atoms with Crippen molar-refractivity contribution in [2.75, 3.05) is 13.7 Å². The predicted octanol–water partition coefficient (Wildman–Crippen LogP) is 2.56. The molecule has 0 fully saturated rings. The van der Waals surface area contributed by atoms with Crippen LogP contribution in [-0.4, -0.2) is 29.8 Å². The van der Waals surface area contributed by atoms with Gasteiger partial charge in [0.15, 0.2) is 11.5 Å². The molecule has 0 aliphatic rings. The first kappa shape index (κ1) is 15.7. The third-order valence-electron chi connectivity index (χ3n) is 3.09. The molecular formula is C15H17ClO5. The van der Waals surface area contributed by atoms with Gasteiger partial charge in [0, 0.05) is 17.5 Å². The lowest BCUT2D eigenvalue weighted by Crippen LogP contribution is -2.35. The van der Waals surface area contributed by atoms with Crippen molar-refractivity contribution in [1.82, 2.24) is 0 Å². The average molecular weight is 313 g/mol. The van der Waals surface area contributed by atoms with Crippen molar-refractivity contribution in [1.29, 1.82) is 0 Å². The maximum atomic E-state index is 11.3. The van der Waals surface area contributed by atoms with Gasteiger partial charge in [-0.3, -0.25) is 0 Å². The molecule has 1 N–H and O–H groups in total. The second-order valence-electron chi connectivity index (χ2n) is 5.19. The number of aliphatic hydroxyl groups is 1. The Bertz CT molecular complexity index is 687. The van der Waals surface area contributed by atoms with Crippen LogP contribution in [0.2, 0.25) is 0 Å². The highest BCUT2D eigenvalue weighted by molar-refractivity contribution is 6.23. The van der Waals surface area contributed by atoms with E-state index in [1.54, 1.807) is 32.0 Å². The molecule has 2 aromatic rings. The van der Waals surface area contributed by atoms with Crippen molar-refractivity contribution < 1.29 is 19.0 Å². The molecular weight excluding hydrogens is 296 g/mol. The molecule has 21 heavy (non-hydrogen) atoms. The molecule has 5 nitrogen and oxygen atoms in total. The molecule has 0 saturated carbocycles. The Labute approximate surface area is 127 Å². The van der Waals surface area contributed by atoms with Crippen LogP contribution in [0.4, 0.5) is 0 Å². The molecule has 1 unspecified atom stereocenters. The van der Waals surface area contributed by atoms with Gasteiger partial charge in [0.2, 0.25) is 0 Å². The highest BCUT2D eigenvalue weighted by Gasteiger charge is 2.25. The van der Waals surface area contributed by atoms with Crippen LogP contribution in [0.5, 0.6) is 11.5 Å². The van der Waals surface area contributed by atoms with Crippen LogP contribution in [-0.2, 0) is 0 Å². The lowest BCUT2D eigenvalue weighted by molar-refractivity contribution is 0.0794. The van der Waals surface area contributed by atoms with Crippen molar-refractivity contribution >= 4 is 22.6 Å². The summed E-state index contributed by atoms with van der Waals surface area (Å²) in [5.41, 5.74) is -0.0570. The SMILES string of the molecule is COc1cc2ccc(=O)oc2cc1OCC(O)C(C)(C)Cl. The van der Waals surface area contributed by atoms with Gasteiger partial charge in [-0.15, -0.1) is 11.6 Å². The van der Waals surface area contributed by atoms with Crippen LogP contribution in [0.1, 0.15) is 13.8 Å². The Morgan fingerprint density at radius 2 is 2.05 bits per heavy atom. The maximum absolute atomic E-state index is 11.3. The minimum absolute atomic E-state index is 0.00453. The summed E-state index contributed by atoms with van der Waals surface area (Å²) >= 11 is 6.02. The molecule has 0 spiro atoms. The summed E-state index contributed by atoms with van der Waals surface area (Å²) in [5, 5.41) is 10.6. The number of hydrogen-bond acceptors (Lipinski definition) is 5. The molecule has 0 aliphatic heterocycles. The van der Waals surface area contributed by atoms with E-state index in [-0.39, 0.29) is 6.61 Å². The van der Waals surface area contributed by atoms with E-state index in [1.165, 1.54) is 13.2 Å². The van der Waals surface area contributed by atoms with E-state index in [2.05, 4.69) is 0 Å². The molecule has 0 saturated heterocycles. The molecule has 1 aromatic heterocycles. The Morgan fingerprint density at radius 1 is 1.33 bits per heavy atom. The molecule has 0 bridgehead atoms. The number of halogens is 1. The standard InChI is InChI=1S/C15H17ClO5/c1-15(2,16)13(17)8-20-12-7-10-9(6-11(12)19-3)4-5-14(18)21-10/h4-7,13,17H,8H2,1-3H3. The minimum atomic E-state index is -0.859. The van der Waals surface area contributed by atoms with E-state index >= 15 is 0 Å². The van der Waals surface area contributed by atoms with Gasteiger partial charge in [-0.25, -0.2) is 4.79 Å². The summed E-state index contributed by atoms with van der Waals surface area (Å²) in [5.74, 6) is 0.857. The highest BCUT2D eigenvalue weighted by atomic mass is 35.5. The number of alkyl halides is 1. The van der Waals surface area contributed by atoms with Crippen molar-refractivity contribution in [3.05, 3.63) is 34.7 Å². The van der Waals surface area contributed by atoms with Crippen LogP contribution in [0.3, 0.4) is 0 Å². The van der Waals surface area contributed by atoms with E-state index in [0.29, 0.717) is 17.1 Å². The molecule has 0 aliphatic carbocycles. The molecule has 0 radical (unpaired) electrons. The number of rotatable bonds is 5. The lowest BCUT2D eigenvalue weighted by atomic mass is 10.1. The van der Waals surface area contributed by atoms with E-state index in [9.17, 15) is 9.90 Å². The molecule has 2 rings (SSSR count). The molecule has 114 valence electrons. The van der Waals surface area contributed by atoms with E-state index in [0.717, 1.165) is 5.39 Å². The topological polar surface area (TPSA) is 68.9 Å². The summed E-state index contributed by atoms with van der Waals surface area (Å²) < 4.78 is 15.9. The summed E-state index contributed by atoms with van der Waals surface area (Å²) in [7, 11) is 1.51. The van der Waals surface area contributed by atoms with Crippen LogP contribution in [0.25, 0.3) is 11.0 Å². The largest absolute Gasteiger partial charge is 0.493 e.